The third kappa shape index (κ3) is 3.70. The first-order chi connectivity index (χ1) is 7.97. The lowest BCUT2D eigenvalue weighted by Gasteiger charge is -2.35. The van der Waals surface area contributed by atoms with Gasteiger partial charge >= 0.3 is 0 Å². The molecule has 1 saturated carbocycles. The van der Waals surface area contributed by atoms with Gasteiger partial charge in [0, 0.05) is 25.0 Å². The molecule has 0 heterocycles. The minimum absolute atomic E-state index is 0.203. The molecule has 1 rings (SSSR count). The molecule has 0 saturated heterocycles. The van der Waals surface area contributed by atoms with Crippen LogP contribution in [0.15, 0.2) is 0 Å². The van der Waals surface area contributed by atoms with Crippen molar-refractivity contribution in [3.63, 3.8) is 0 Å². The molecule has 4 unspecified atom stereocenters. The minimum Gasteiger partial charge on any atom is -0.343 e. The Kier molecular flexibility index (Phi) is 5.44. The van der Waals surface area contributed by atoms with Gasteiger partial charge in [-0.25, -0.2) is 0 Å². The van der Waals surface area contributed by atoms with Gasteiger partial charge < -0.3 is 10.6 Å². The molecule has 2 N–H and O–H groups in total. The van der Waals surface area contributed by atoms with Gasteiger partial charge in [0.1, 0.15) is 0 Å². The molecule has 4 atom stereocenters. The van der Waals surface area contributed by atoms with E-state index >= 15 is 0 Å². The lowest BCUT2D eigenvalue weighted by atomic mass is 9.78. The van der Waals surface area contributed by atoms with E-state index in [2.05, 4.69) is 20.8 Å². The van der Waals surface area contributed by atoms with E-state index in [-0.39, 0.29) is 12.0 Å². The summed E-state index contributed by atoms with van der Waals surface area (Å²) >= 11 is 0. The van der Waals surface area contributed by atoms with E-state index in [0.717, 1.165) is 32.1 Å². The van der Waals surface area contributed by atoms with Crippen molar-refractivity contribution in [3.05, 3.63) is 0 Å². The molecular weight excluding hydrogens is 212 g/mol. The zero-order valence-electron chi connectivity index (χ0n) is 11.8. The predicted octanol–water partition coefficient (Wildman–Crippen LogP) is 2.40. The van der Waals surface area contributed by atoms with Gasteiger partial charge in [0.2, 0.25) is 5.91 Å². The van der Waals surface area contributed by atoms with Gasteiger partial charge in [-0.1, -0.05) is 20.3 Å². The number of nitrogens with two attached hydrogens (primary N) is 1. The molecule has 0 aliphatic heterocycles. The fraction of sp³-hybridized carbons (Fsp3) is 0.929. The highest BCUT2D eigenvalue weighted by Gasteiger charge is 2.31. The number of hydrogen-bond donors (Lipinski definition) is 1. The van der Waals surface area contributed by atoms with Crippen LogP contribution in [0.1, 0.15) is 52.9 Å². The van der Waals surface area contributed by atoms with Crippen molar-refractivity contribution in [2.75, 3.05) is 7.05 Å². The summed E-state index contributed by atoms with van der Waals surface area (Å²) in [5.41, 5.74) is 6.00. The Morgan fingerprint density at radius 3 is 2.65 bits per heavy atom. The molecule has 100 valence electrons. The van der Waals surface area contributed by atoms with E-state index < -0.39 is 0 Å². The highest BCUT2D eigenvalue weighted by Crippen LogP contribution is 2.29. The lowest BCUT2D eigenvalue weighted by molar-refractivity contribution is -0.137. The van der Waals surface area contributed by atoms with Crippen LogP contribution < -0.4 is 5.73 Å². The summed E-state index contributed by atoms with van der Waals surface area (Å²) in [5.74, 6) is 1.01. The molecule has 0 aromatic carbocycles. The first-order valence-electron chi connectivity index (χ1n) is 6.99. The molecular formula is C14H28N2O. The molecule has 3 nitrogen and oxygen atoms in total. The summed E-state index contributed by atoms with van der Waals surface area (Å²) in [5, 5.41) is 0. The molecule has 1 amide bonds. The van der Waals surface area contributed by atoms with Gasteiger partial charge in [0.05, 0.1) is 0 Å². The second kappa shape index (κ2) is 6.39. The number of rotatable bonds is 4. The number of carbonyl (C=O) groups is 1. The SMILES string of the molecule is CCCC(C)N(C)C(=O)C1CCC(N)C(C)C1. The number of nitrogens with zero attached hydrogens (tertiary/aromatic N) is 1. The van der Waals surface area contributed by atoms with Crippen molar-refractivity contribution < 1.29 is 4.79 Å². The molecule has 1 aliphatic carbocycles. The van der Waals surface area contributed by atoms with Gasteiger partial charge in [0.15, 0.2) is 0 Å². The van der Waals surface area contributed by atoms with Crippen LogP contribution in [0.5, 0.6) is 0 Å². The zero-order chi connectivity index (χ0) is 13.0. The molecule has 1 aliphatic rings. The molecule has 1 fully saturated rings. The largest absolute Gasteiger partial charge is 0.343 e. The molecule has 0 spiro atoms. The average Bonchev–Trinajstić information content (AvgIpc) is 2.31. The number of hydrogen-bond acceptors (Lipinski definition) is 2. The Morgan fingerprint density at radius 1 is 1.47 bits per heavy atom. The maximum Gasteiger partial charge on any atom is 0.225 e. The Balaban J connectivity index is 2.52. The topological polar surface area (TPSA) is 46.3 Å². The third-order valence-corrected chi connectivity index (χ3v) is 4.30. The molecule has 0 bridgehead atoms. The number of carbonyl (C=O) groups excluding carboxylic acids is 1. The summed E-state index contributed by atoms with van der Waals surface area (Å²) in [7, 11) is 1.95. The first-order valence-corrected chi connectivity index (χ1v) is 6.99. The summed E-state index contributed by atoms with van der Waals surface area (Å²) in [6, 6.07) is 0.649. The van der Waals surface area contributed by atoms with E-state index in [4.69, 9.17) is 5.73 Å². The summed E-state index contributed by atoms with van der Waals surface area (Å²) in [6.07, 6.45) is 5.14. The first kappa shape index (κ1) is 14.5. The van der Waals surface area contributed by atoms with Crippen molar-refractivity contribution in [2.45, 2.75) is 65.0 Å². The molecule has 0 radical (unpaired) electrons. The smallest absolute Gasteiger partial charge is 0.225 e. The van der Waals surface area contributed by atoms with Crippen LogP contribution in [-0.2, 0) is 4.79 Å². The molecule has 0 aromatic heterocycles. The van der Waals surface area contributed by atoms with Crippen molar-refractivity contribution in [1.29, 1.82) is 0 Å². The van der Waals surface area contributed by atoms with E-state index in [0.29, 0.717) is 17.9 Å². The van der Waals surface area contributed by atoms with Crippen LogP contribution in [0, 0.1) is 11.8 Å². The molecule has 0 aromatic rings. The predicted molar refractivity (Wildman–Crippen MR) is 71.6 cm³/mol. The van der Waals surface area contributed by atoms with Crippen molar-refractivity contribution in [2.24, 2.45) is 17.6 Å². The van der Waals surface area contributed by atoms with Crippen LogP contribution >= 0.6 is 0 Å². The fourth-order valence-corrected chi connectivity index (χ4v) is 2.76. The fourth-order valence-electron chi connectivity index (χ4n) is 2.76. The van der Waals surface area contributed by atoms with Crippen LogP contribution in [0.25, 0.3) is 0 Å². The minimum atomic E-state index is 0.203. The average molecular weight is 240 g/mol. The van der Waals surface area contributed by atoms with E-state index in [1.54, 1.807) is 0 Å². The summed E-state index contributed by atoms with van der Waals surface area (Å²) < 4.78 is 0. The Labute approximate surface area is 106 Å². The number of amides is 1. The van der Waals surface area contributed by atoms with Gasteiger partial charge in [0.25, 0.3) is 0 Å². The second-order valence-electron chi connectivity index (χ2n) is 5.74. The Hall–Kier alpha value is -0.570. The summed E-state index contributed by atoms with van der Waals surface area (Å²) in [6.45, 7) is 6.47. The van der Waals surface area contributed by atoms with Crippen molar-refractivity contribution in [1.82, 2.24) is 4.90 Å². The van der Waals surface area contributed by atoms with Crippen LogP contribution in [0.2, 0.25) is 0 Å². The highest BCUT2D eigenvalue weighted by molar-refractivity contribution is 5.79. The van der Waals surface area contributed by atoms with Gasteiger partial charge in [-0.15, -0.1) is 0 Å². The zero-order valence-corrected chi connectivity index (χ0v) is 11.8. The van der Waals surface area contributed by atoms with Gasteiger partial charge in [-0.3, -0.25) is 4.79 Å². The van der Waals surface area contributed by atoms with E-state index in [9.17, 15) is 4.79 Å². The van der Waals surface area contributed by atoms with Crippen LogP contribution in [-0.4, -0.2) is 29.9 Å². The normalized spacial score (nSPS) is 31.0. The van der Waals surface area contributed by atoms with Crippen molar-refractivity contribution in [3.8, 4) is 0 Å². The molecule has 17 heavy (non-hydrogen) atoms. The van der Waals surface area contributed by atoms with Gasteiger partial charge in [-0.05, 0) is 38.5 Å². The lowest BCUT2D eigenvalue weighted by Crippen LogP contribution is -2.43. The summed E-state index contributed by atoms with van der Waals surface area (Å²) in [4.78, 5) is 14.3. The second-order valence-corrected chi connectivity index (χ2v) is 5.74. The quantitative estimate of drug-likeness (QED) is 0.820. The maximum atomic E-state index is 12.4. The van der Waals surface area contributed by atoms with E-state index in [1.165, 1.54) is 0 Å². The molecule has 3 heteroatoms. The maximum absolute atomic E-state index is 12.4. The Bertz CT molecular complexity index is 255. The van der Waals surface area contributed by atoms with Crippen molar-refractivity contribution >= 4 is 5.91 Å². The van der Waals surface area contributed by atoms with Crippen LogP contribution in [0.4, 0.5) is 0 Å². The standard InChI is InChI=1S/C14H28N2O/c1-5-6-11(3)16(4)14(17)12-7-8-13(15)10(2)9-12/h10-13H,5-9,15H2,1-4H3. The monoisotopic (exact) mass is 240 g/mol. The van der Waals surface area contributed by atoms with Crippen LogP contribution in [0.3, 0.4) is 0 Å². The van der Waals surface area contributed by atoms with E-state index in [1.807, 2.05) is 11.9 Å². The Morgan fingerprint density at radius 2 is 2.12 bits per heavy atom. The third-order valence-electron chi connectivity index (χ3n) is 4.30. The highest BCUT2D eigenvalue weighted by atomic mass is 16.2. The van der Waals surface area contributed by atoms with Gasteiger partial charge in [-0.2, -0.15) is 0 Å².